The Kier molecular flexibility index (Phi) is 3.24. The monoisotopic (exact) mass is 352 g/mol. The first-order chi connectivity index (χ1) is 12.6. The molecule has 3 aliphatic rings. The lowest BCUT2D eigenvalue weighted by Gasteiger charge is -2.31. The van der Waals surface area contributed by atoms with Crippen LogP contribution in [0.3, 0.4) is 0 Å². The maximum absolute atomic E-state index is 12.9. The number of benzene rings is 1. The zero-order valence-electron chi connectivity index (χ0n) is 14.5. The van der Waals surface area contributed by atoms with Gasteiger partial charge in [0.25, 0.3) is 5.91 Å². The number of hydrogen-bond donors (Lipinski definition) is 0. The van der Waals surface area contributed by atoms with Crippen LogP contribution in [-0.4, -0.2) is 56.3 Å². The molecule has 0 aliphatic carbocycles. The second-order valence-electron chi connectivity index (χ2n) is 7.24. The van der Waals surface area contributed by atoms with Crippen LogP contribution in [0, 0.1) is 0 Å². The SMILES string of the molecule is Cn1cc(C(=O)N2CC[C@@]34O[C@@H](c5ccccc5)CN3C(=O)C[C@@H]24)cn1. The third-order valence-electron chi connectivity index (χ3n) is 5.81. The van der Waals surface area contributed by atoms with Crippen LogP contribution in [0.1, 0.15) is 34.9 Å². The molecule has 3 aliphatic heterocycles. The van der Waals surface area contributed by atoms with E-state index < -0.39 is 5.72 Å². The van der Waals surface area contributed by atoms with Gasteiger partial charge in [-0.2, -0.15) is 5.10 Å². The smallest absolute Gasteiger partial charge is 0.257 e. The highest BCUT2D eigenvalue weighted by Crippen LogP contribution is 2.50. The molecule has 0 N–H and O–H groups in total. The summed E-state index contributed by atoms with van der Waals surface area (Å²) in [6.07, 6.45) is 4.12. The molecule has 2 amide bonds. The van der Waals surface area contributed by atoms with Crippen LogP contribution in [0.5, 0.6) is 0 Å². The van der Waals surface area contributed by atoms with Gasteiger partial charge in [0.15, 0.2) is 5.72 Å². The topological polar surface area (TPSA) is 67.7 Å². The van der Waals surface area contributed by atoms with E-state index in [1.807, 2.05) is 35.2 Å². The van der Waals surface area contributed by atoms with Crippen LogP contribution >= 0.6 is 0 Å². The Labute approximate surface area is 151 Å². The van der Waals surface area contributed by atoms with Crippen molar-refractivity contribution in [2.24, 2.45) is 7.05 Å². The number of aryl methyl sites for hydroxylation is 1. The molecule has 26 heavy (non-hydrogen) atoms. The highest BCUT2D eigenvalue weighted by atomic mass is 16.5. The molecule has 3 fully saturated rings. The predicted molar refractivity (Wildman–Crippen MR) is 92.0 cm³/mol. The van der Waals surface area contributed by atoms with Crippen molar-refractivity contribution in [3.63, 3.8) is 0 Å². The first-order valence-corrected chi connectivity index (χ1v) is 8.91. The zero-order valence-corrected chi connectivity index (χ0v) is 14.5. The summed E-state index contributed by atoms with van der Waals surface area (Å²) in [5, 5.41) is 4.09. The molecular formula is C19H20N4O3. The van der Waals surface area contributed by atoms with E-state index in [0.29, 0.717) is 31.5 Å². The van der Waals surface area contributed by atoms with Gasteiger partial charge >= 0.3 is 0 Å². The molecule has 0 unspecified atom stereocenters. The van der Waals surface area contributed by atoms with Gasteiger partial charge in [-0.1, -0.05) is 30.3 Å². The molecule has 1 spiro atoms. The number of likely N-dealkylation sites (tertiary alicyclic amines) is 1. The van der Waals surface area contributed by atoms with Crippen molar-refractivity contribution in [2.45, 2.75) is 30.7 Å². The Morgan fingerprint density at radius 2 is 2.12 bits per heavy atom. The van der Waals surface area contributed by atoms with Crippen molar-refractivity contribution < 1.29 is 14.3 Å². The second-order valence-corrected chi connectivity index (χ2v) is 7.24. The summed E-state index contributed by atoms with van der Waals surface area (Å²) >= 11 is 0. The molecule has 134 valence electrons. The molecule has 3 atom stereocenters. The molecule has 2 aromatic rings. The van der Waals surface area contributed by atoms with E-state index >= 15 is 0 Å². The van der Waals surface area contributed by atoms with Crippen LogP contribution in [0.15, 0.2) is 42.7 Å². The van der Waals surface area contributed by atoms with E-state index in [0.717, 1.165) is 5.56 Å². The average molecular weight is 352 g/mol. The van der Waals surface area contributed by atoms with Crippen LogP contribution in [0.2, 0.25) is 0 Å². The number of rotatable bonds is 2. The summed E-state index contributed by atoms with van der Waals surface area (Å²) in [4.78, 5) is 29.2. The van der Waals surface area contributed by atoms with Gasteiger partial charge in [0.1, 0.15) is 6.10 Å². The molecule has 4 heterocycles. The molecule has 0 saturated carbocycles. The Morgan fingerprint density at radius 3 is 2.85 bits per heavy atom. The molecule has 1 aromatic heterocycles. The van der Waals surface area contributed by atoms with Gasteiger partial charge in [-0.15, -0.1) is 0 Å². The first kappa shape index (κ1) is 15.6. The lowest BCUT2D eigenvalue weighted by atomic mass is 10.1. The average Bonchev–Trinajstić information content (AvgIpc) is 3.37. The Bertz CT molecular complexity index is 880. The maximum atomic E-state index is 12.9. The number of hydrogen-bond acceptors (Lipinski definition) is 4. The Balaban J connectivity index is 1.45. The van der Waals surface area contributed by atoms with E-state index in [4.69, 9.17) is 4.74 Å². The number of aromatic nitrogens is 2. The van der Waals surface area contributed by atoms with E-state index in [-0.39, 0.29) is 24.0 Å². The summed E-state index contributed by atoms with van der Waals surface area (Å²) in [7, 11) is 1.79. The van der Waals surface area contributed by atoms with Gasteiger partial charge in [0.05, 0.1) is 30.8 Å². The van der Waals surface area contributed by atoms with Crippen LogP contribution < -0.4 is 0 Å². The molecule has 0 bridgehead atoms. The lowest BCUT2D eigenvalue weighted by molar-refractivity contribution is -0.138. The minimum absolute atomic E-state index is 0.0668. The van der Waals surface area contributed by atoms with Crippen molar-refractivity contribution in [1.82, 2.24) is 19.6 Å². The highest BCUT2D eigenvalue weighted by Gasteiger charge is 2.65. The van der Waals surface area contributed by atoms with Gasteiger partial charge < -0.3 is 14.5 Å². The Morgan fingerprint density at radius 1 is 1.31 bits per heavy atom. The van der Waals surface area contributed by atoms with Crippen LogP contribution in [0.4, 0.5) is 0 Å². The van der Waals surface area contributed by atoms with Crippen molar-refractivity contribution in [3.8, 4) is 0 Å². The standard InChI is InChI=1S/C19H20N4O3/c1-21-11-14(10-20-21)18(25)22-8-7-19-16(22)9-17(24)23(19)12-15(26-19)13-5-3-2-4-6-13/h2-6,10-11,15-16H,7-9,12H2,1H3/t15-,16-,19+/m1/s1. The number of amides is 2. The second kappa shape index (κ2) is 5.41. The fraction of sp³-hybridized carbons (Fsp3) is 0.421. The van der Waals surface area contributed by atoms with E-state index in [9.17, 15) is 9.59 Å². The third kappa shape index (κ3) is 2.07. The normalized spacial score (nSPS) is 30.0. The van der Waals surface area contributed by atoms with E-state index in [1.54, 1.807) is 29.0 Å². The van der Waals surface area contributed by atoms with Gasteiger partial charge in [-0.05, 0) is 5.56 Å². The third-order valence-corrected chi connectivity index (χ3v) is 5.81. The highest BCUT2D eigenvalue weighted by molar-refractivity contribution is 5.95. The number of carbonyl (C=O) groups is 2. The van der Waals surface area contributed by atoms with Crippen molar-refractivity contribution in [2.75, 3.05) is 13.1 Å². The first-order valence-electron chi connectivity index (χ1n) is 8.91. The molecule has 7 nitrogen and oxygen atoms in total. The quantitative estimate of drug-likeness (QED) is 0.818. The van der Waals surface area contributed by atoms with Crippen LogP contribution in [0.25, 0.3) is 0 Å². The summed E-state index contributed by atoms with van der Waals surface area (Å²) in [6.45, 7) is 1.14. The molecule has 1 aromatic carbocycles. The minimum Gasteiger partial charge on any atom is -0.343 e. The summed E-state index contributed by atoms with van der Waals surface area (Å²) in [6, 6.07) is 9.73. The van der Waals surface area contributed by atoms with E-state index in [2.05, 4.69) is 5.10 Å². The number of ether oxygens (including phenoxy) is 1. The van der Waals surface area contributed by atoms with E-state index in [1.165, 1.54) is 0 Å². The fourth-order valence-corrected chi connectivity index (χ4v) is 4.61. The summed E-state index contributed by atoms with van der Waals surface area (Å²) in [5.74, 6) is -0.0153. The van der Waals surface area contributed by atoms with Gasteiger partial charge in [-0.25, -0.2) is 0 Å². The molecule has 0 radical (unpaired) electrons. The predicted octanol–water partition coefficient (Wildman–Crippen LogP) is 1.33. The lowest BCUT2D eigenvalue weighted by Crippen LogP contribution is -2.48. The maximum Gasteiger partial charge on any atom is 0.257 e. The molecule has 7 heteroatoms. The molecule has 5 rings (SSSR count). The largest absolute Gasteiger partial charge is 0.343 e. The zero-order chi connectivity index (χ0) is 17.9. The van der Waals surface area contributed by atoms with Gasteiger partial charge in [0.2, 0.25) is 5.91 Å². The van der Waals surface area contributed by atoms with Crippen molar-refractivity contribution >= 4 is 11.8 Å². The summed E-state index contributed by atoms with van der Waals surface area (Å²) in [5.41, 5.74) is 0.933. The Hall–Kier alpha value is -2.67. The van der Waals surface area contributed by atoms with Crippen LogP contribution in [-0.2, 0) is 16.6 Å². The fourth-order valence-electron chi connectivity index (χ4n) is 4.61. The summed E-state index contributed by atoms with van der Waals surface area (Å²) < 4.78 is 8.08. The number of nitrogens with zero attached hydrogens (tertiary/aromatic N) is 4. The van der Waals surface area contributed by atoms with Crippen molar-refractivity contribution in [1.29, 1.82) is 0 Å². The van der Waals surface area contributed by atoms with Gasteiger partial charge in [0, 0.05) is 26.2 Å². The number of carbonyl (C=O) groups excluding carboxylic acids is 2. The van der Waals surface area contributed by atoms with Gasteiger partial charge in [-0.3, -0.25) is 14.3 Å². The van der Waals surface area contributed by atoms with Crippen molar-refractivity contribution in [3.05, 3.63) is 53.9 Å². The molecular weight excluding hydrogens is 332 g/mol. The minimum atomic E-state index is -0.685. The molecule has 3 saturated heterocycles.